The topological polar surface area (TPSA) is 84.9 Å². The van der Waals surface area contributed by atoms with E-state index in [-0.39, 0.29) is 37.0 Å². The van der Waals surface area contributed by atoms with Crippen LogP contribution in [0.25, 0.3) is 0 Å². The first-order chi connectivity index (χ1) is 16.5. The molecular weight excluding hydrogens is 439 g/mol. The fraction of sp³-hybridized carbons (Fsp3) is 0.423. The molecule has 1 aliphatic heterocycles. The summed E-state index contributed by atoms with van der Waals surface area (Å²) in [5.74, 6) is -0.708. The van der Waals surface area contributed by atoms with Crippen molar-refractivity contribution in [1.82, 2.24) is 4.90 Å². The number of ether oxygens (including phenoxy) is 2. The van der Waals surface area contributed by atoms with Crippen LogP contribution in [-0.2, 0) is 14.3 Å². The number of hydrogen-bond donors (Lipinski definition) is 1. The van der Waals surface area contributed by atoms with Crippen molar-refractivity contribution in [3.8, 4) is 5.75 Å². The summed E-state index contributed by atoms with van der Waals surface area (Å²) in [4.78, 5) is 40.0. The third kappa shape index (κ3) is 5.38. The minimum atomic E-state index is -0.616. The van der Waals surface area contributed by atoms with E-state index in [0.29, 0.717) is 23.4 Å². The van der Waals surface area contributed by atoms with Crippen LogP contribution in [0.2, 0.25) is 0 Å². The van der Waals surface area contributed by atoms with E-state index in [1.54, 1.807) is 36.1 Å². The Morgan fingerprint density at radius 3 is 2.62 bits per heavy atom. The van der Waals surface area contributed by atoms with Crippen LogP contribution >= 0.6 is 0 Å². The normalized spacial score (nSPS) is 21.5. The summed E-state index contributed by atoms with van der Waals surface area (Å²) < 4.78 is 23.7. The number of carbonyl (C=O) groups excluding carboxylic acids is 3. The number of hydrogen-bond acceptors (Lipinski definition) is 5. The van der Waals surface area contributed by atoms with Crippen molar-refractivity contribution in [3.05, 3.63) is 59.9 Å². The van der Waals surface area contributed by atoms with Gasteiger partial charge in [-0.05, 0) is 68.5 Å². The van der Waals surface area contributed by atoms with Crippen LogP contribution in [0.4, 0.5) is 10.1 Å². The lowest BCUT2D eigenvalue weighted by atomic mass is 9.84. The number of likely N-dealkylation sites (tertiary alicyclic amines) is 1. The van der Waals surface area contributed by atoms with Gasteiger partial charge in [0.25, 0.3) is 5.91 Å². The highest BCUT2D eigenvalue weighted by Gasteiger charge is 2.47. The third-order valence-electron chi connectivity index (χ3n) is 6.48. The Morgan fingerprint density at radius 1 is 1.09 bits per heavy atom. The van der Waals surface area contributed by atoms with Crippen molar-refractivity contribution in [3.63, 3.8) is 0 Å². The monoisotopic (exact) mass is 468 g/mol. The van der Waals surface area contributed by atoms with Crippen LogP contribution in [0.5, 0.6) is 5.75 Å². The van der Waals surface area contributed by atoms with Crippen molar-refractivity contribution in [1.29, 1.82) is 0 Å². The number of nitrogens with one attached hydrogen (secondary N) is 1. The number of benzene rings is 2. The summed E-state index contributed by atoms with van der Waals surface area (Å²) in [7, 11) is 0. The molecular formula is C26H29FN2O5. The van der Waals surface area contributed by atoms with E-state index in [1.165, 1.54) is 24.3 Å². The van der Waals surface area contributed by atoms with E-state index in [0.717, 1.165) is 25.7 Å². The van der Waals surface area contributed by atoms with E-state index in [2.05, 4.69) is 5.32 Å². The molecule has 3 atom stereocenters. The summed E-state index contributed by atoms with van der Waals surface area (Å²) in [6, 6.07) is 11.6. The van der Waals surface area contributed by atoms with Crippen LogP contribution in [0, 0.1) is 11.7 Å². The first kappa shape index (κ1) is 23.7. The van der Waals surface area contributed by atoms with Gasteiger partial charge in [-0.2, -0.15) is 0 Å². The van der Waals surface area contributed by atoms with E-state index < -0.39 is 17.8 Å². The predicted octanol–water partition coefficient (Wildman–Crippen LogP) is 4.18. The molecule has 1 heterocycles. The van der Waals surface area contributed by atoms with Crippen LogP contribution in [0.3, 0.4) is 0 Å². The number of halogens is 1. The van der Waals surface area contributed by atoms with Crippen molar-refractivity contribution >= 4 is 23.5 Å². The van der Waals surface area contributed by atoms with E-state index in [1.807, 2.05) is 0 Å². The fourth-order valence-electron chi connectivity index (χ4n) is 4.96. The van der Waals surface area contributed by atoms with Crippen molar-refractivity contribution in [2.24, 2.45) is 5.92 Å². The molecule has 34 heavy (non-hydrogen) atoms. The summed E-state index contributed by atoms with van der Waals surface area (Å²) in [6.45, 7) is 1.77. The molecule has 0 radical (unpaired) electrons. The van der Waals surface area contributed by atoms with Gasteiger partial charge in [-0.3, -0.25) is 9.59 Å². The van der Waals surface area contributed by atoms with E-state index in [9.17, 15) is 18.8 Å². The summed E-state index contributed by atoms with van der Waals surface area (Å²) in [5.41, 5.74) is 0.884. The molecule has 3 unspecified atom stereocenters. The van der Waals surface area contributed by atoms with Gasteiger partial charge < -0.3 is 19.7 Å². The first-order valence-corrected chi connectivity index (χ1v) is 11.7. The second kappa shape index (κ2) is 10.7. The molecule has 2 aromatic carbocycles. The zero-order valence-corrected chi connectivity index (χ0v) is 19.2. The molecule has 2 aliphatic rings. The van der Waals surface area contributed by atoms with Crippen LogP contribution in [0.15, 0.2) is 48.5 Å². The second-order valence-corrected chi connectivity index (χ2v) is 8.69. The Bertz CT molecular complexity index is 1040. The van der Waals surface area contributed by atoms with Crippen LogP contribution in [0.1, 0.15) is 49.4 Å². The maximum absolute atomic E-state index is 13.4. The highest BCUT2D eigenvalue weighted by Crippen LogP contribution is 2.41. The molecule has 4 rings (SSSR count). The van der Waals surface area contributed by atoms with Crippen LogP contribution < -0.4 is 10.1 Å². The van der Waals surface area contributed by atoms with Crippen molar-refractivity contribution in [2.45, 2.75) is 51.1 Å². The largest absolute Gasteiger partial charge is 0.482 e. The zero-order valence-electron chi connectivity index (χ0n) is 19.2. The lowest BCUT2D eigenvalue weighted by Gasteiger charge is -2.33. The maximum atomic E-state index is 13.4. The molecule has 1 aliphatic carbocycles. The van der Waals surface area contributed by atoms with Gasteiger partial charge in [0.1, 0.15) is 17.6 Å². The molecule has 0 bridgehead atoms. The molecule has 2 amide bonds. The Balaban J connectivity index is 1.49. The minimum absolute atomic E-state index is 0.00120. The number of rotatable bonds is 7. The molecule has 8 heteroatoms. The van der Waals surface area contributed by atoms with Gasteiger partial charge in [0.05, 0.1) is 6.61 Å². The smallest absolute Gasteiger partial charge is 0.344 e. The molecule has 2 aromatic rings. The molecule has 1 saturated heterocycles. The maximum Gasteiger partial charge on any atom is 0.344 e. The van der Waals surface area contributed by atoms with Crippen molar-refractivity contribution in [2.75, 3.05) is 18.5 Å². The van der Waals surface area contributed by atoms with Gasteiger partial charge in [-0.1, -0.05) is 18.9 Å². The Labute approximate surface area is 198 Å². The molecule has 7 nitrogen and oxygen atoms in total. The number of esters is 1. The van der Waals surface area contributed by atoms with Gasteiger partial charge in [-0.25, -0.2) is 9.18 Å². The van der Waals surface area contributed by atoms with Gasteiger partial charge >= 0.3 is 5.97 Å². The third-order valence-corrected chi connectivity index (χ3v) is 6.48. The molecule has 180 valence electrons. The van der Waals surface area contributed by atoms with E-state index >= 15 is 0 Å². The lowest BCUT2D eigenvalue weighted by molar-refractivity contribution is -0.145. The standard InChI is InChI=1S/C26H29FN2O5/c1-2-33-24(30)16-34-21-8-5-7-20(15-21)28-25(31)23-14-18-6-3-4-9-22(18)29(23)26(32)17-10-12-19(27)13-11-17/h5,7-8,10-13,15,18,22-23H,2-4,6,9,14,16H2,1H3,(H,28,31). The molecule has 0 spiro atoms. The number of carbonyl (C=O) groups is 3. The Morgan fingerprint density at radius 2 is 1.85 bits per heavy atom. The number of fused-ring (bicyclic) bond motifs is 1. The molecule has 1 saturated carbocycles. The highest BCUT2D eigenvalue weighted by atomic mass is 19.1. The van der Waals surface area contributed by atoms with Gasteiger partial charge in [-0.15, -0.1) is 0 Å². The average Bonchev–Trinajstić information content (AvgIpc) is 3.23. The number of nitrogens with zero attached hydrogens (tertiary/aromatic N) is 1. The number of amides is 2. The van der Waals surface area contributed by atoms with Gasteiger partial charge in [0, 0.05) is 23.4 Å². The average molecular weight is 469 g/mol. The van der Waals surface area contributed by atoms with Crippen molar-refractivity contribution < 1.29 is 28.2 Å². The Kier molecular flexibility index (Phi) is 7.45. The van der Waals surface area contributed by atoms with E-state index in [4.69, 9.17) is 9.47 Å². The summed E-state index contributed by atoms with van der Waals surface area (Å²) in [6.07, 6.45) is 4.55. The lowest BCUT2D eigenvalue weighted by Crippen LogP contribution is -2.47. The minimum Gasteiger partial charge on any atom is -0.482 e. The fourth-order valence-corrected chi connectivity index (χ4v) is 4.96. The zero-order chi connectivity index (χ0) is 24.1. The van der Waals surface area contributed by atoms with Crippen LogP contribution in [-0.4, -0.2) is 48.0 Å². The predicted molar refractivity (Wildman–Crippen MR) is 124 cm³/mol. The highest BCUT2D eigenvalue weighted by molar-refractivity contribution is 6.02. The summed E-state index contributed by atoms with van der Waals surface area (Å²) >= 11 is 0. The SMILES string of the molecule is CCOC(=O)COc1cccc(NC(=O)C2CC3CCCCC3N2C(=O)c2ccc(F)cc2)c1. The molecule has 2 fully saturated rings. The van der Waals surface area contributed by atoms with Gasteiger partial charge in [0.2, 0.25) is 5.91 Å². The summed E-state index contributed by atoms with van der Waals surface area (Å²) in [5, 5.41) is 2.90. The number of anilines is 1. The second-order valence-electron chi connectivity index (χ2n) is 8.69. The first-order valence-electron chi connectivity index (χ1n) is 11.7. The molecule has 1 N–H and O–H groups in total. The quantitative estimate of drug-likeness (QED) is 0.617. The van der Waals surface area contributed by atoms with Gasteiger partial charge in [0.15, 0.2) is 6.61 Å². The Hall–Kier alpha value is -3.42. The molecule has 0 aromatic heterocycles.